The molecule has 0 saturated heterocycles. The molecule has 7 heavy (non-hydrogen) atoms. The van der Waals surface area contributed by atoms with E-state index in [1.807, 2.05) is 0 Å². The molecule has 0 saturated carbocycles. The van der Waals surface area contributed by atoms with Crippen molar-refractivity contribution in [1.82, 2.24) is 0 Å². The van der Waals surface area contributed by atoms with Gasteiger partial charge in [0.2, 0.25) is 0 Å². The molecule has 0 aromatic rings. The van der Waals surface area contributed by atoms with Crippen molar-refractivity contribution in [2.24, 2.45) is 0 Å². The second kappa shape index (κ2) is 4.04. The van der Waals surface area contributed by atoms with Crippen LogP contribution in [-0.4, -0.2) is 7.11 Å². The minimum absolute atomic E-state index is 0.526. The molecule has 0 atom stereocenters. The summed E-state index contributed by atoms with van der Waals surface area (Å²) in [5.41, 5.74) is 0. The minimum atomic E-state index is -0.526. The highest BCUT2D eigenvalue weighted by Gasteiger charge is 1.88. The lowest BCUT2D eigenvalue weighted by Crippen LogP contribution is -1.63. The fourth-order valence-corrected chi connectivity index (χ4v) is 0.671. The maximum absolute atomic E-state index is 4.88. The van der Waals surface area contributed by atoms with Crippen molar-refractivity contribution < 1.29 is 4.52 Å². The van der Waals surface area contributed by atoms with E-state index in [4.69, 9.17) is 4.52 Å². The molecular weight excluding hydrogens is 107 g/mol. The molecule has 0 aliphatic carbocycles. The molecule has 0 aromatic heterocycles. The van der Waals surface area contributed by atoms with E-state index >= 15 is 0 Å². The molecule has 0 amide bonds. The van der Waals surface area contributed by atoms with Crippen LogP contribution >= 0.6 is 8.15 Å². The van der Waals surface area contributed by atoms with Gasteiger partial charge in [0.25, 0.3) is 0 Å². The first-order valence-electron chi connectivity index (χ1n) is 1.92. The van der Waals surface area contributed by atoms with Gasteiger partial charge >= 0.3 is 0 Å². The van der Waals surface area contributed by atoms with Crippen LogP contribution in [0.15, 0.2) is 24.8 Å². The Hall–Kier alpha value is -0.130. The second-order valence-corrected chi connectivity index (χ2v) is 2.72. The van der Waals surface area contributed by atoms with E-state index < -0.39 is 8.15 Å². The second-order valence-electron chi connectivity index (χ2n) is 0.908. The summed E-state index contributed by atoms with van der Waals surface area (Å²) in [6.45, 7) is 7.07. The number of rotatable bonds is 3. The molecule has 0 fully saturated rings. The first kappa shape index (κ1) is 6.87. The molecular formula is C5H9OP. The topological polar surface area (TPSA) is 9.23 Å². The molecule has 0 heterocycles. The van der Waals surface area contributed by atoms with Gasteiger partial charge in [0, 0.05) is 7.11 Å². The summed E-state index contributed by atoms with van der Waals surface area (Å²) >= 11 is 0. The van der Waals surface area contributed by atoms with Crippen LogP contribution in [0.4, 0.5) is 0 Å². The molecule has 0 radical (unpaired) electrons. The highest BCUT2D eigenvalue weighted by Crippen LogP contribution is 2.36. The van der Waals surface area contributed by atoms with Crippen LogP contribution in [0.5, 0.6) is 0 Å². The fraction of sp³-hybridized carbons (Fsp3) is 0.200. The third-order valence-corrected chi connectivity index (χ3v) is 1.71. The van der Waals surface area contributed by atoms with Crippen LogP contribution < -0.4 is 0 Å². The van der Waals surface area contributed by atoms with E-state index in [1.54, 1.807) is 18.7 Å². The van der Waals surface area contributed by atoms with Gasteiger partial charge in [0.1, 0.15) is 0 Å². The molecule has 0 aromatic carbocycles. The van der Waals surface area contributed by atoms with Gasteiger partial charge in [-0.1, -0.05) is 13.2 Å². The van der Waals surface area contributed by atoms with Crippen molar-refractivity contribution in [2.45, 2.75) is 0 Å². The molecule has 40 valence electrons. The first-order valence-corrected chi connectivity index (χ1v) is 3.32. The molecule has 0 unspecified atom stereocenters. The zero-order valence-corrected chi connectivity index (χ0v) is 5.32. The van der Waals surface area contributed by atoms with Gasteiger partial charge in [-0.25, -0.2) is 0 Å². The van der Waals surface area contributed by atoms with Crippen molar-refractivity contribution >= 4 is 8.15 Å². The van der Waals surface area contributed by atoms with Gasteiger partial charge in [-0.15, -0.1) is 0 Å². The lowest BCUT2D eigenvalue weighted by Gasteiger charge is -1.99. The highest BCUT2D eigenvalue weighted by molar-refractivity contribution is 7.59. The summed E-state index contributed by atoms with van der Waals surface area (Å²) in [4.78, 5) is 0. The van der Waals surface area contributed by atoms with Crippen LogP contribution in [0.2, 0.25) is 0 Å². The van der Waals surface area contributed by atoms with Gasteiger partial charge in [-0.2, -0.15) is 0 Å². The van der Waals surface area contributed by atoms with E-state index in [9.17, 15) is 0 Å². The quantitative estimate of drug-likeness (QED) is 0.514. The van der Waals surface area contributed by atoms with Crippen molar-refractivity contribution in [2.75, 3.05) is 7.11 Å². The summed E-state index contributed by atoms with van der Waals surface area (Å²) < 4.78 is 4.88. The van der Waals surface area contributed by atoms with Gasteiger partial charge in [-0.3, -0.25) is 0 Å². The van der Waals surface area contributed by atoms with Crippen LogP contribution in [0, 0.1) is 0 Å². The zero-order chi connectivity index (χ0) is 5.70. The van der Waals surface area contributed by atoms with Crippen molar-refractivity contribution in [1.29, 1.82) is 0 Å². The average Bonchev–Trinajstić information content (AvgIpc) is 1.72. The van der Waals surface area contributed by atoms with E-state index in [1.165, 1.54) is 0 Å². The van der Waals surface area contributed by atoms with Gasteiger partial charge in [0.05, 0.1) is 8.15 Å². The lowest BCUT2D eigenvalue weighted by molar-refractivity contribution is 0.473. The smallest absolute Gasteiger partial charge is 0.0753 e. The zero-order valence-electron chi connectivity index (χ0n) is 4.42. The largest absolute Gasteiger partial charge is 0.354 e. The van der Waals surface area contributed by atoms with Crippen LogP contribution in [0.25, 0.3) is 0 Å². The summed E-state index contributed by atoms with van der Waals surface area (Å²) in [6.07, 6.45) is 0. The molecule has 0 spiro atoms. The van der Waals surface area contributed by atoms with Crippen LogP contribution in [-0.2, 0) is 4.52 Å². The lowest BCUT2D eigenvalue weighted by atomic mass is 11.3. The van der Waals surface area contributed by atoms with Crippen molar-refractivity contribution in [3.8, 4) is 0 Å². The minimum Gasteiger partial charge on any atom is -0.354 e. The summed E-state index contributed by atoms with van der Waals surface area (Å²) in [5, 5.41) is 0. The van der Waals surface area contributed by atoms with Crippen LogP contribution in [0.1, 0.15) is 0 Å². The monoisotopic (exact) mass is 116 g/mol. The Bertz CT molecular complexity index is 62.5. The standard InChI is InChI=1S/C5H9OP/c1-4-7(5-2)6-3/h4-5H,1-2H2,3H3. The van der Waals surface area contributed by atoms with Gasteiger partial charge < -0.3 is 4.52 Å². The maximum Gasteiger partial charge on any atom is 0.0753 e. The fourth-order valence-electron chi connectivity index (χ4n) is 0.224. The summed E-state index contributed by atoms with van der Waals surface area (Å²) in [6, 6.07) is 0. The molecule has 0 N–H and O–H groups in total. The van der Waals surface area contributed by atoms with Gasteiger partial charge in [0.15, 0.2) is 0 Å². The Morgan fingerprint density at radius 1 is 1.43 bits per heavy atom. The Balaban J connectivity index is 3.36. The molecule has 0 rings (SSSR count). The third-order valence-electron chi connectivity index (χ3n) is 0.571. The SMILES string of the molecule is C=CP(C=C)OC. The van der Waals surface area contributed by atoms with Crippen LogP contribution in [0.3, 0.4) is 0 Å². The number of hydrogen-bond acceptors (Lipinski definition) is 1. The summed E-state index contributed by atoms with van der Waals surface area (Å²) in [5.74, 6) is 3.50. The van der Waals surface area contributed by atoms with E-state index in [0.29, 0.717) is 0 Å². The molecule has 2 heteroatoms. The Morgan fingerprint density at radius 3 is 1.86 bits per heavy atom. The Labute approximate surface area is 45.5 Å². The summed E-state index contributed by atoms with van der Waals surface area (Å²) in [7, 11) is 1.12. The highest BCUT2D eigenvalue weighted by atomic mass is 31.1. The number of hydrogen-bond donors (Lipinski definition) is 0. The van der Waals surface area contributed by atoms with E-state index in [-0.39, 0.29) is 0 Å². The molecule has 0 aliphatic rings. The predicted molar refractivity (Wildman–Crippen MR) is 34.3 cm³/mol. The average molecular weight is 116 g/mol. The first-order chi connectivity index (χ1) is 3.35. The maximum atomic E-state index is 4.88. The molecule has 0 bridgehead atoms. The molecule has 1 nitrogen and oxygen atoms in total. The third kappa shape index (κ3) is 2.55. The Kier molecular flexibility index (Phi) is 3.97. The Morgan fingerprint density at radius 2 is 1.86 bits per heavy atom. The predicted octanol–water partition coefficient (Wildman–Crippen LogP) is 2.32. The van der Waals surface area contributed by atoms with Crippen molar-refractivity contribution in [3.05, 3.63) is 24.8 Å². The van der Waals surface area contributed by atoms with Crippen molar-refractivity contribution in [3.63, 3.8) is 0 Å². The van der Waals surface area contributed by atoms with Gasteiger partial charge in [-0.05, 0) is 11.6 Å². The van der Waals surface area contributed by atoms with E-state index in [2.05, 4.69) is 13.2 Å². The van der Waals surface area contributed by atoms with E-state index in [0.717, 1.165) is 0 Å². The normalized spacial score (nSPS) is 8.86. The molecule has 0 aliphatic heterocycles.